The van der Waals surface area contributed by atoms with Gasteiger partial charge in [0.25, 0.3) is 5.91 Å². The van der Waals surface area contributed by atoms with Crippen molar-refractivity contribution in [1.82, 2.24) is 14.9 Å². The first kappa shape index (κ1) is 20.5. The number of nitrogens with one attached hydrogen (secondary N) is 2. The number of rotatable bonds is 7. The molecule has 0 bridgehead atoms. The Morgan fingerprint density at radius 1 is 1.00 bits per heavy atom. The maximum atomic E-state index is 13.5. The van der Waals surface area contributed by atoms with E-state index in [1.807, 2.05) is 0 Å². The van der Waals surface area contributed by atoms with E-state index < -0.39 is 27.7 Å². The lowest BCUT2D eigenvalue weighted by Gasteiger charge is -2.15. The molecule has 0 unspecified atom stereocenters. The number of halogens is 1. The molecule has 0 saturated carbocycles. The van der Waals surface area contributed by atoms with E-state index in [2.05, 4.69) is 10.6 Å². The van der Waals surface area contributed by atoms with Crippen molar-refractivity contribution in [2.45, 2.75) is 11.4 Å². The first-order valence-corrected chi connectivity index (χ1v) is 9.47. The summed E-state index contributed by atoms with van der Waals surface area (Å²) in [4.78, 5) is 23.9. The molecule has 144 valence electrons. The molecule has 0 radical (unpaired) electrons. The molecule has 27 heavy (non-hydrogen) atoms. The predicted molar refractivity (Wildman–Crippen MR) is 97.9 cm³/mol. The molecule has 7 nitrogen and oxygen atoms in total. The molecule has 2 amide bonds. The summed E-state index contributed by atoms with van der Waals surface area (Å²) >= 11 is 0. The number of carbonyl (C=O) groups is 2. The van der Waals surface area contributed by atoms with E-state index >= 15 is 0 Å². The number of nitrogens with zero attached hydrogens (tertiary/aromatic N) is 1. The Kier molecular flexibility index (Phi) is 6.65. The quantitative estimate of drug-likeness (QED) is 0.737. The molecule has 2 aromatic rings. The summed E-state index contributed by atoms with van der Waals surface area (Å²) in [7, 11) is -0.812. The number of sulfonamides is 1. The van der Waals surface area contributed by atoms with Crippen LogP contribution in [0.25, 0.3) is 0 Å². The van der Waals surface area contributed by atoms with Gasteiger partial charge in [-0.1, -0.05) is 30.3 Å². The summed E-state index contributed by atoms with van der Waals surface area (Å²) in [5.41, 5.74) is 0.257. The molecule has 2 N–H and O–H groups in total. The molecule has 2 aromatic carbocycles. The Morgan fingerprint density at radius 3 is 2.30 bits per heavy atom. The zero-order chi connectivity index (χ0) is 20.0. The highest BCUT2D eigenvalue weighted by molar-refractivity contribution is 7.89. The maximum absolute atomic E-state index is 13.5. The number of carbonyl (C=O) groups excluding carboxylic acids is 2. The number of hydrogen-bond acceptors (Lipinski definition) is 4. The predicted octanol–water partition coefficient (Wildman–Crippen LogP) is 1.12. The lowest BCUT2D eigenvalue weighted by atomic mass is 10.2. The average Bonchev–Trinajstić information content (AvgIpc) is 2.64. The molecule has 0 aliphatic heterocycles. The molecule has 9 heteroatoms. The summed E-state index contributed by atoms with van der Waals surface area (Å²) in [5.74, 6) is -1.92. The SMILES string of the molecule is CN(C)S(=O)(=O)c1ccccc1CNC(=O)CNC(=O)c1ccccc1F. The minimum absolute atomic E-state index is 0.0301. The van der Waals surface area contributed by atoms with Crippen LogP contribution in [-0.4, -0.2) is 45.2 Å². The molecule has 0 heterocycles. The second-order valence-corrected chi connectivity index (χ2v) is 7.95. The van der Waals surface area contributed by atoms with Crippen LogP contribution < -0.4 is 10.6 Å². The molecule has 0 fully saturated rings. The van der Waals surface area contributed by atoms with Gasteiger partial charge in [0.15, 0.2) is 0 Å². The maximum Gasteiger partial charge on any atom is 0.254 e. The molecule has 0 aliphatic rings. The monoisotopic (exact) mass is 393 g/mol. The van der Waals surface area contributed by atoms with Gasteiger partial charge in [-0.05, 0) is 23.8 Å². The van der Waals surface area contributed by atoms with Crippen molar-refractivity contribution < 1.29 is 22.4 Å². The van der Waals surface area contributed by atoms with Crippen molar-refractivity contribution in [2.24, 2.45) is 0 Å². The van der Waals surface area contributed by atoms with E-state index in [9.17, 15) is 22.4 Å². The molecule has 0 saturated heterocycles. The van der Waals surface area contributed by atoms with E-state index in [4.69, 9.17) is 0 Å². The number of amides is 2. The highest BCUT2D eigenvalue weighted by Crippen LogP contribution is 2.18. The Hall–Kier alpha value is -2.78. The van der Waals surface area contributed by atoms with Crippen LogP contribution in [0.2, 0.25) is 0 Å². The lowest BCUT2D eigenvalue weighted by Crippen LogP contribution is -2.37. The third-order valence-electron chi connectivity index (χ3n) is 3.74. The Labute approximate surface area is 157 Å². The van der Waals surface area contributed by atoms with Crippen molar-refractivity contribution in [3.8, 4) is 0 Å². The molecule has 0 spiro atoms. The third kappa shape index (κ3) is 5.11. The van der Waals surface area contributed by atoms with Crippen molar-refractivity contribution >= 4 is 21.8 Å². The third-order valence-corrected chi connectivity index (χ3v) is 5.65. The molecule has 0 aromatic heterocycles. The second-order valence-electron chi connectivity index (χ2n) is 5.83. The first-order chi connectivity index (χ1) is 12.7. The van der Waals surface area contributed by atoms with Crippen molar-refractivity contribution in [2.75, 3.05) is 20.6 Å². The average molecular weight is 393 g/mol. The van der Waals surface area contributed by atoms with Crippen LogP contribution in [0.1, 0.15) is 15.9 Å². The summed E-state index contributed by atoms with van der Waals surface area (Å²) in [6, 6.07) is 11.7. The highest BCUT2D eigenvalue weighted by atomic mass is 32.2. The van der Waals surface area contributed by atoms with Crippen molar-refractivity contribution in [1.29, 1.82) is 0 Å². The fraction of sp³-hybridized carbons (Fsp3) is 0.222. The first-order valence-electron chi connectivity index (χ1n) is 8.03. The Morgan fingerprint density at radius 2 is 1.63 bits per heavy atom. The van der Waals surface area contributed by atoms with E-state index in [-0.39, 0.29) is 23.5 Å². The molecular weight excluding hydrogens is 373 g/mol. The minimum atomic E-state index is -3.65. The van der Waals surface area contributed by atoms with Crippen LogP contribution >= 0.6 is 0 Å². The normalized spacial score (nSPS) is 11.3. The van der Waals surface area contributed by atoms with Crippen molar-refractivity contribution in [3.05, 3.63) is 65.5 Å². The van der Waals surface area contributed by atoms with E-state index in [1.165, 1.54) is 38.4 Å². The van der Waals surface area contributed by atoms with Crippen LogP contribution in [0.4, 0.5) is 4.39 Å². The van der Waals surface area contributed by atoms with Gasteiger partial charge in [0.05, 0.1) is 17.0 Å². The number of hydrogen-bond donors (Lipinski definition) is 2. The van der Waals surface area contributed by atoms with Gasteiger partial charge in [-0.3, -0.25) is 9.59 Å². The topological polar surface area (TPSA) is 95.6 Å². The smallest absolute Gasteiger partial charge is 0.254 e. The standard InChI is InChI=1S/C18H20FN3O4S/c1-22(2)27(25,26)16-10-6-3-7-13(16)11-20-17(23)12-21-18(24)14-8-4-5-9-15(14)19/h3-10H,11-12H2,1-2H3,(H,20,23)(H,21,24). The van der Waals surface area contributed by atoms with E-state index in [0.717, 1.165) is 10.4 Å². The van der Waals surface area contributed by atoms with Crippen LogP contribution in [-0.2, 0) is 21.4 Å². The molecule has 0 aliphatic carbocycles. The van der Waals surface area contributed by atoms with Crippen molar-refractivity contribution in [3.63, 3.8) is 0 Å². The van der Waals surface area contributed by atoms with Crippen LogP contribution in [0.15, 0.2) is 53.4 Å². The largest absolute Gasteiger partial charge is 0.350 e. The molecule has 2 rings (SSSR count). The zero-order valence-corrected chi connectivity index (χ0v) is 15.7. The van der Waals surface area contributed by atoms with Gasteiger partial charge >= 0.3 is 0 Å². The summed E-state index contributed by atoms with van der Waals surface area (Å²) < 4.78 is 39.3. The van der Waals surface area contributed by atoms with Gasteiger partial charge in [-0.2, -0.15) is 0 Å². The lowest BCUT2D eigenvalue weighted by molar-refractivity contribution is -0.120. The van der Waals surface area contributed by atoms with Gasteiger partial charge in [0.2, 0.25) is 15.9 Å². The van der Waals surface area contributed by atoms with Gasteiger partial charge in [0, 0.05) is 20.6 Å². The number of benzene rings is 2. The Bertz CT molecular complexity index is 945. The van der Waals surface area contributed by atoms with Crippen LogP contribution in [0.3, 0.4) is 0 Å². The van der Waals surface area contributed by atoms with Gasteiger partial charge in [0.1, 0.15) is 5.82 Å². The van der Waals surface area contributed by atoms with Gasteiger partial charge in [-0.25, -0.2) is 17.1 Å². The molecule has 0 atom stereocenters. The fourth-order valence-electron chi connectivity index (χ4n) is 2.26. The highest BCUT2D eigenvalue weighted by Gasteiger charge is 2.21. The van der Waals surface area contributed by atoms with E-state index in [1.54, 1.807) is 18.2 Å². The van der Waals surface area contributed by atoms with Crippen LogP contribution in [0, 0.1) is 5.82 Å². The van der Waals surface area contributed by atoms with Crippen LogP contribution in [0.5, 0.6) is 0 Å². The Balaban J connectivity index is 1.97. The zero-order valence-electron chi connectivity index (χ0n) is 14.9. The summed E-state index contributed by atoms with van der Waals surface area (Å²) in [5, 5.41) is 4.86. The fourth-order valence-corrected chi connectivity index (χ4v) is 3.37. The molecular formula is C18H20FN3O4S. The van der Waals surface area contributed by atoms with Gasteiger partial charge in [-0.15, -0.1) is 0 Å². The van der Waals surface area contributed by atoms with E-state index in [0.29, 0.717) is 5.56 Å². The summed E-state index contributed by atoms with van der Waals surface area (Å²) in [6.07, 6.45) is 0. The van der Waals surface area contributed by atoms with Gasteiger partial charge < -0.3 is 10.6 Å². The second kappa shape index (κ2) is 8.74. The summed E-state index contributed by atoms with van der Waals surface area (Å²) in [6.45, 7) is -0.395. The minimum Gasteiger partial charge on any atom is -0.350 e.